The summed E-state index contributed by atoms with van der Waals surface area (Å²) in [5.74, 6) is -0.638. The Morgan fingerprint density at radius 1 is 0.475 bits per heavy atom. The number of ether oxygens (including phenoxy) is 9. The Hall–Kier alpha value is -4.83. The van der Waals surface area contributed by atoms with E-state index < -0.39 is 67.4 Å². The summed E-state index contributed by atoms with van der Waals surface area (Å²) >= 11 is 0. The van der Waals surface area contributed by atoms with Gasteiger partial charge in [0.2, 0.25) is 0 Å². The van der Waals surface area contributed by atoms with Crippen LogP contribution in [0.3, 0.4) is 0 Å². The summed E-state index contributed by atoms with van der Waals surface area (Å²) in [5.41, 5.74) is 4.47. The normalized spacial score (nSPS) is 26.4. The van der Waals surface area contributed by atoms with Crippen molar-refractivity contribution in [3.05, 3.63) is 179 Å². The van der Waals surface area contributed by atoms with Crippen molar-refractivity contribution in [1.82, 2.24) is 0 Å². The molecule has 2 aliphatic heterocycles. The smallest absolute Gasteiger partial charge is 0.303 e. The Morgan fingerprint density at radius 2 is 0.869 bits per heavy atom. The van der Waals surface area contributed by atoms with Crippen LogP contribution in [0.15, 0.2) is 152 Å². The van der Waals surface area contributed by atoms with Crippen molar-refractivity contribution in [3.8, 4) is 0 Å². The molecule has 0 saturated carbocycles. The fourth-order valence-electron chi connectivity index (χ4n) is 7.40. The summed E-state index contributed by atoms with van der Waals surface area (Å²) in [6, 6.07) is 48.0. The molecule has 5 aromatic carbocycles. The number of aliphatic hydroxyl groups excluding tert-OH is 2. The molecule has 2 heterocycles. The highest BCUT2D eigenvalue weighted by molar-refractivity contribution is 5.66. The molecule has 0 spiro atoms. The minimum atomic E-state index is -1.45. The summed E-state index contributed by atoms with van der Waals surface area (Å²) in [5, 5.41) is 23.6. The van der Waals surface area contributed by atoms with Gasteiger partial charge in [-0.05, 0) is 27.8 Å². The monoisotopic (exact) mass is 834 g/mol. The molecule has 12 heteroatoms. The fraction of sp³-hybridized carbons (Fsp3) is 0.367. The number of carbonyl (C=O) groups excluding carboxylic acids is 1. The lowest BCUT2D eigenvalue weighted by Crippen LogP contribution is -2.66. The van der Waals surface area contributed by atoms with Gasteiger partial charge >= 0.3 is 5.97 Å². The van der Waals surface area contributed by atoms with E-state index in [4.69, 9.17) is 42.6 Å². The lowest BCUT2D eigenvalue weighted by atomic mass is 9.96. The molecule has 0 bridgehead atoms. The molecule has 61 heavy (non-hydrogen) atoms. The topological polar surface area (TPSA) is 141 Å². The second kappa shape index (κ2) is 22.9. The van der Waals surface area contributed by atoms with E-state index in [2.05, 4.69) is 0 Å². The minimum Gasteiger partial charge on any atom is -0.454 e. The van der Waals surface area contributed by atoms with Crippen LogP contribution >= 0.6 is 0 Å². The van der Waals surface area contributed by atoms with Gasteiger partial charge < -0.3 is 52.8 Å². The number of esters is 1. The largest absolute Gasteiger partial charge is 0.454 e. The van der Waals surface area contributed by atoms with E-state index in [1.165, 1.54) is 6.92 Å². The molecule has 5 aromatic rings. The van der Waals surface area contributed by atoms with Crippen molar-refractivity contribution in [2.24, 2.45) is 0 Å². The molecule has 2 saturated heterocycles. The van der Waals surface area contributed by atoms with Crippen LogP contribution in [0.4, 0.5) is 0 Å². The summed E-state index contributed by atoms with van der Waals surface area (Å²) in [6.45, 7) is 2.07. The Kier molecular flexibility index (Phi) is 16.6. The van der Waals surface area contributed by atoms with Gasteiger partial charge in [0.25, 0.3) is 0 Å². The highest BCUT2D eigenvalue weighted by atomic mass is 16.7. The summed E-state index contributed by atoms with van der Waals surface area (Å²) < 4.78 is 57.6. The van der Waals surface area contributed by atoms with Crippen molar-refractivity contribution in [1.29, 1.82) is 0 Å². The van der Waals surface area contributed by atoms with Gasteiger partial charge in [-0.1, -0.05) is 152 Å². The maximum Gasteiger partial charge on any atom is 0.303 e. The number of hydrogen-bond acceptors (Lipinski definition) is 12. The number of hydrogen-bond donors (Lipinski definition) is 2. The molecule has 0 radical (unpaired) electrons. The number of carbonyl (C=O) groups is 1. The predicted octanol–water partition coefficient (Wildman–Crippen LogP) is 6.30. The predicted molar refractivity (Wildman–Crippen MR) is 223 cm³/mol. The van der Waals surface area contributed by atoms with Crippen LogP contribution in [-0.4, -0.2) is 90.8 Å². The second-order valence-electron chi connectivity index (χ2n) is 15.1. The van der Waals surface area contributed by atoms with E-state index in [1.807, 2.05) is 152 Å². The molecule has 2 aliphatic rings. The van der Waals surface area contributed by atoms with Crippen molar-refractivity contribution in [3.63, 3.8) is 0 Å². The lowest BCUT2D eigenvalue weighted by Gasteiger charge is -2.48. The van der Waals surface area contributed by atoms with Gasteiger partial charge in [0.1, 0.15) is 42.7 Å². The van der Waals surface area contributed by atoms with Gasteiger partial charge in [0, 0.05) is 6.92 Å². The molecule has 2 fully saturated rings. The fourth-order valence-corrected chi connectivity index (χ4v) is 7.40. The Bertz CT molecular complexity index is 1990. The van der Waals surface area contributed by atoms with Gasteiger partial charge in [0.05, 0.1) is 46.2 Å². The molecular weight excluding hydrogens is 781 g/mol. The van der Waals surface area contributed by atoms with Crippen molar-refractivity contribution in [2.75, 3.05) is 13.2 Å². The summed E-state index contributed by atoms with van der Waals surface area (Å²) in [7, 11) is 0. The zero-order valence-corrected chi connectivity index (χ0v) is 34.1. The molecule has 12 nitrogen and oxygen atoms in total. The second-order valence-corrected chi connectivity index (χ2v) is 15.1. The SMILES string of the molecule is CC(=O)OC1C(OC2C(COCc3ccccc3)OC(O)C(OCc3ccccc3)C2OCc2ccccc2)OC(COCc2ccccc2)C(O)C1OCc1ccccc1. The van der Waals surface area contributed by atoms with Gasteiger partial charge in [0.15, 0.2) is 18.7 Å². The third-order valence-electron chi connectivity index (χ3n) is 10.5. The maximum atomic E-state index is 12.8. The molecule has 2 N–H and O–H groups in total. The first kappa shape index (κ1) is 44.2. The number of rotatable bonds is 20. The first-order valence-corrected chi connectivity index (χ1v) is 20.6. The van der Waals surface area contributed by atoms with Crippen LogP contribution in [0.5, 0.6) is 0 Å². The first-order valence-electron chi connectivity index (χ1n) is 20.6. The zero-order valence-electron chi connectivity index (χ0n) is 34.1. The third kappa shape index (κ3) is 12.9. The average Bonchev–Trinajstić information content (AvgIpc) is 3.29. The molecule has 322 valence electrons. The van der Waals surface area contributed by atoms with Crippen molar-refractivity contribution >= 4 is 5.97 Å². The number of aliphatic hydroxyl groups is 2. The van der Waals surface area contributed by atoms with E-state index in [9.17, 15) is 15.0 Å². The summed E-state index contributed by atoms with van der Waals surface area (Å²) in [6.07, 6.45) is -11.5. The lowest BCUT2D eigenvalue weighted by molar-refractivity contribution is -0.367. The van der Waals surface area contributed by atoms with Crippen LogP contribution in [0.1, 0.15) is 34.7 Å². The first-order chi connectivity index (χ1) is 29.9. The molecule has 10 unspecified atom stereocenters. The van der Waals surface area contributed by atoms with E-state index in [-0.39, 0.29) is 46.2 Å². The van der Waals surface area contributed by atoms with Crippen LogP contribution in [0.25, 0.3) is 0 Å². The minimum absolute atomic E-state index is 0.0294. The van der Waals surface area contributed by atoms with E-state index in [1.54, 1.807) is 0 Å². The summed E-state index contributed by atoms with van der Waals surface area (Å²) in [4.78, 5) is 12.8. The van der Waals surface area contributed by atoms with Crippen molar-refractivity contribution < 1.29 is 57.6 Å². The molecule has 0 aromatic heterocycles. The average molecular weight is 835 g/mol. The van der Waals surface area contributed by atoms with E-state index in [0.717, 1.165) is 27.8 Å². The van der Waals surface area contributed by atoms with Gasteiger partial charge in [-0.15, -0.1) is 0 Å². The van der Waals surface area contributed by atoms with Crippen LogP contribution in [-0.2, 0) is 80.5 Å². The van der Waals surface area contributed by atoms with Gasteiger partial charge in [-0.25, -0.2) is 0 Å². The molecule has 0 aliphatic carbocycles. The number of benzene rings is 5. The molecule has 10 atom stereocenters. The highest BCUT2D eigenvalue weighted by Gasteiger charge is 2.54. The molecule has 7 rings (SSSR count). The Balaban J connectivity index is 1.21. The quantitative estimate of drug-likeness (QED) is 0.0852. The Labute approximate surface area is 356 Å². The van der Waals surface area contributed by atoms with Gasteiger partial charge in [-0.3, -0.25) is 4.79 Å². The Morgan fingerprint density at radius 3 is 1.31 bits per heavy atom. The standard InChI is InChI=1S/C49H54O12/c1-34(50)58-47-44(55-29-37-21-11-4-12-22-37)42(51)40(32-53-27-35-17-7-2-8-18-35)60-49(47)61-43-41(33-54-28-36-19-9-3-10-20-36)59-48(52)46(57-31-39-25-15-6-16-26-39)45(43)56-30-38-23-13-5-14-24-38/h2-26,40-49,51-52H,27-33H2,1H3. The van der Waals surface area contributed by atoms with Crippen LogP contribution < -0.4 is 0 Å². The molecular formula is C49H54O12. The van der Waals surface area contributed by atoms with Crippen molar-refractivity contribution in [2.45, 2.75) is 101 Å². The highest BCUT2D eigenvalue weighted by Crippen LogP contribution is 2.35. The third-order valence-corrected chi connectivity index (χ3v) is 10.5. The van der Waals surface area contributed by atoms with Crippen LogP contribution in [0.2, 0.25) is 0 Å². The van der Waals surface area contributed by atoms with E-state index in [0.29, 0.717) is 0 Å². The van der Waals surface area contributed by atoms with E-state index >= 15 is 0 Å². The maximum absolute atomic E-state index is 12.8. The van der Waals surface area contributed by atoms with Crippen LogP contribution in [0, 0.1) is 0 Å². The molecule has 0 amide bonds. The zero-order chi connectivity index (χ0) is 42.2. The van der Waals surface area contributed by atoms with Gasteiger partial charge in [-0.2, -0.15) is 0 Å².